The largest absolute Gasteiger partial charge is 0.420 e. The first-order chi connectivity index (χ1) is 17.4. The molecule has 0 aliphatic heterocycles. The van der Waals surface area contributed by atoms with Crippen LogP contribution in [-0.2, 0) is 13.0 Å². The van der Waals surface area contributed by atoms with Crippen molar-refractivity contribution in [3.8, 4) is 0 Å². The fourth-order valence-electron chi connectivity index (χ4n) is 4.18. The van der Waals surface area contributed by atoms with E-state index in [1.54, 1.807) is 12.3 Å². The van der Waals surface area contributed by atoms with E-state index in [0.717, 1.165) is 29.0 Å². The van der Waals surface area contributed by atoms with Crippen molar-refractivity contribution in [2.45, 2.75) is 25.3 Å². The number of carbonyl (C=O) groups excluding carboxylic acids is 1. The minimum absolute atomic E-state index is 0.0179. The predicted octanol–water partition coefficient (Wildman–Crippen LogP) is 3.26. The lowest BCUT2D eigenvalue weighted by atomic mass is 9.99. The summed E-state index contributed by atoms with van der Waals surface area (Å²) in [6.07, 6.45) is 5.71. The predicted molar refractivity (Wildman–Crippen MR) is 126 cm³/mol. The quantitative estimate of drug-likeness (QED) is 0.378. The van der Waals surface area contributed by atoms with Crippen molar-refractivity contribution in [3.63, 3.8) is 0 Å². The third kappa shape index (κ3) is 4.50. The molecule has 36 heavy (non-hydrogen) atoms. The highest BCUT2D eigenvalue weighted by Crippen LogP contribution is 2.31. The molecule has 0 unspecified atom stereocenters. The van der Waals surface area contributed by atoms with Gasteiger partial charge in [-0.2, -0.15) is 0 Å². The number of Topliss-reactive ketones (excluding diaryl/α,β-unsaturated/α-hetero) is 1. The molecule has 0 fully saturated rings. The third-order valence-corrected chi connectivity index (χ3v) is 6.07. The van der Waals surface area contributed by atoms with Crippen LogP contribution in [0.15, 0.2) is 70.1 Å². The molecule has 4 aromatic rings. The van der Waals surface area contributed by atoms with Gasteiger partial charge in [-0.1, -0.05) is 18.2 Å². The van der Waals surface area contributed by atoms with Crippen molar-refractivity contribution in [1.82, 2.24) is 19.7 Å². The molecule has 1 atom stereocenters. The zero-order chi connectivity index (χ0) is 25.2. The summed E-state index contributed by atoms with van der Waals surface area (Å²) < 4.78 is 33.9. The molecule has 0 saturated carbocycles. The molecule has 0 bridgehead atoms. The number of pyridine rings is 2. The highest BCUT2D eigenvalue weighted by Gasteiger charge is 2.26. The highest BCUT2D eigenvalue weighted by molar-refractivity contribution is 5.96. The first-order valence-electron chi connectivity index (χ1n) is 11.3. The second kappa shape index (κ2) is 9.74. The number of carbonyl (C=O) groups is 1. The Morgan fingerprint density at radius 3 is 2.81 bits per heavy atom. The SMILES string of the molecule is NC[C@@H](CC(=O)c1cccn(Cc2ccc(F)c(F)c2)c1=O)c1nnc(C2=CCc3ncccc32)o1. The Bertz CT molecular complexity index is 1540. The zero-order valence-electron chi connectivity index (χ0n) is 19.0. The van der Waals surface area contributed by atoms with E-state index in [0.29, 0.717) is 17.9 Å². The normalized spacial score (nSPS) is 13.4. The van der Waals surface area contributed by atoms with Crippen molar-refractivity contribution in [2.24, 2.45) is 5.73 Å². The lowest BCUT2D eigenvalue weighted by Crippen LogP contribution is -2.27. The molecule has 3 aromatic heterocycles. The Balaban J connectivity index is 1.34. The maximum Gasteiger partial charge on any atom is 0.261 e. The summed E-state index contributed by atoms with van der Waals surface area (Å²) in [6, 6.07) is 10.1. The molecule has 1 aliphatic carbocycles. The van der Waals surface area contributed by atoms with Crippen LogP contribution in [0.25, 0.3) is 5.57 Å². The number of allylic oxidation sites excluding steroid dienone is 1. The maximum atomic E-state index is 13.6. The van der Waals surface area contributed by atoms with Crippen molar-refractivity contribution >= 4 is 11.4 Å². The van der Waals surface area contributed by atoms with E-state index in [2.05, 4.69) is 15.2 Å². The molecule has 1 aliphatic rings. The van der Waals surface area contributed by atoms with E-state index >= 15 is 0 Å². The summed E-state index contributed by atoms with van der Waals surface area (Å²) >= 11 is 0. The average Bonchev–Trinajstić information content (AvgIpc) is 3.53. The molecule has 2 N–H and O–H groups in total. The number of benzene rings is 1. The fourth-order valence-corrected chi connectivity index (χ4v) is 4.18. The summed E-state index contributed by atoms with van der Waals surface area (Å²) in [5, 5.41) is 8.24. The molecule has 0 amide bonds. The van der Waals surface area contributed by atoms with Gasteiger partial charge >= 0.3 is 0 Å². The van der Waals surface area contributed by atoms with Crippen LogP contribution in [0, 0.1) is 11.6 Å². The number of nitrogens with zero attached hydrogens (tertiary/aromatic N) is 4. The average molecular weight is 489 g/mol. The maximum absolute atomic E-state index is 13.6. The molecular formula is C26H21F2N5O3. The summed E-state index contributed by atoms with van der Waals surface area (Å²) in [5.41, 5.74) is 8.32. The van der Waals surface area contributed by atoms with E-state index in [9.17, 15) is 18.4 Å². The molecule has 1 aromatic carbocycles. The second-order valence-electron chi connectivity index (χ2n) is 8.43. The van der Waals surface area contributed by atoms with Crippen LogP contribution in [-0.4, -0.2) is 32.1 Å². The van der Waals surface area contributed by atoms with E-state index in [1.807, 2.05) is 18.2 Å². The van der Waals surface area contributed by atoms with Gasteiger partial charge in [0.25, 0.3) is 5.56 Å². The first kappa shape index (κ1) is 23.4. The minimum atomic E-state index is -1.01. The number of halogens is 2. The lowest BCUT2D eigenvalue weighted by Gasteiger charge is -2.11. The Kier molecular flexibility index (Phi) is 6.34. The van der Waals surface area contributed by atoms with E-state index in [4.69, 9.17) is 10.2 Å². The van der Waals surface area contributed by atoms with Gasteiger partial charge in [0.15, 0.2) is 17.4 Å². The summed E-state index contributed by atoms with van der Waals surface area (Å²) in [7, 11) is 0. The molecule has 0 radical (unpaired) electrons. The smallest absolute Gasteiger partial charge is 0.261 e. The number of ketones is 1. The van der Waals surface area contributed by atoms with Gasteiger partial charge in [-0.25, -0.2) is 8.78 Å². The van der Waals surface area contributed by atoms with Crippen LogP contribution in [0.1, 0.15) is 51.3 Å². The van der Waals surface area contributed by atoms with Gasteiger partial charge in [-0.3, -0.25) is 14.6 Å². The van der Waals surface area contributed by atoms with Gasteiger partial charge in [0.05, 0.1) is 23.7 Å². The standard InChI is InChI=1S/C26H21F2N5O3/c27-20-7-5-15(11-21(20)28)14-33-10-2-4-19(26(33)35)23(34)12-16(13-29)24-31-32-25(36-24)18-6-8-22-17(18)3-1-9-30-22/h1-7,9-11,16H,8,12-14,29H2/t16-/m1/s1. The fraction of sp³-hybridized carbons (Fsp3) is 0.192. The number of nitrogens with two attached hydrogens (primary N) is 1. The number of aromatic nitrogens is 4. The molecule has 0 saturated heterocycles. The topological polar surface area (TPSA) is 117 Å². The third-order valence-electron chi connectivity index (χ3n) is 6.07. The summed E-state index contributed by atoms with van der Waals surface area (Å²) in [4.78, 5) is 30.3. The molecule has 5 rings (SSSR count). The molecular weight excluding hydrogens is 468 g/mol. The van der Waals surface area contributed by atoms with Gasteiger partial charge in [0.1, 0.15) is 0 Å². The zero-order valence-corrected chi connectivity index (χ0v) is 19.0. The van der Waals surface area contributed by atoms with E-state index < -0.39 is 28.9 Å². The Morgan fingerprint density at radius 2 is 2.00 bits per heavy atom. The molecule has 8 nitrogen and oxygen atoms in total. The molecule has 10 heteroatoms. The Labute approximate surface area is 204 Å². The number of hydrogen-bond donors (Lipinski definition) is 1. The van der Waals surface area contributed by atoms with Crippen LogP contribution in [0.4, 0.5) is 8.78 Å². The van der Waals surface area contributed by atoms with Gasteiger partial charge in [0, 0.05) is 42.9 Å². The summed E-state index contributed by atoms with van der Waals surface area (Å²) in [6.45, 7) is 0.0381. The van der Waals surface area contributed by atoms with Gasteiger partial charge in [0.2, 0.25) is 11.8 Å². The van der Waals surface area contributed by atoms with Crippen LogP contribution in [0.5, 0.6) is 0 Å². The van der Waals surface area contributed by atoms with Crippen LogP contribution < -0.4 is 11.3 Å². The first-order valence-corrected chi connectivity index (χ1v) is 11.3. The highest BCUT2D eigenvalue weighted by atomic mass is 19.2. The van der Waals surface area contributed by atoms with Gasteiger partial charge in [-0.05, 0) is 35.9 Å². The Hall–Kier alpha value is -4.31. The van der Waals surface area contributed by atoms with Gasteiger partial charge < -0.3 is 14.7 Å². The minimum Gasteiger partial charge on any atom is -0.420 e. The number of rotatable bonds is 8. The van der Waals surface area contributed by atoms with Crippen molar-refractivity contribution in [3.05, 3.63) is 117 Å². The number of fused-ring (bicyclic) bond motifs is 1. The monoisotopic (exact) mass is 489 g/mol. The van der Waals surface area contributed by atoms with Crippen LogP contribution in [0.2, 0.25) is 0 Å². The van der Waals surface area contributed by atoms with Gasteiger partial charge in [-0.15, -0.1) is 10.2 Å². The van der Waals surface area contributed by atoms with Crippen LogP contribution in [0.3, 0.4) is 0 Å². The Morgan fingerprint density at radius 1 is 1.14 bits per heavy atom. The number of hydrogen-bond acceptors (Lipinski definition) is 7. The summed E-state index contributed by atoms with van der Waals surface area (Å²) in [5.74, 6) is -2.49. The van der Waals surface area contributed by atoms with Crippen molar-refractivity contribution < 1.29 is 18.0 Å². The second-order valence-corrected chi connectivity index (χ2v) is 8.43. The molecule has 3 heterocycles. The molecule has 0 spiro atoms. The van der Waals surface area contributed by atoms with E-state index in [-0.39, 0.29) is 31.0 Å². The van der Waals surface area contributed by atoms with Crippen LogP contribution >= 0.6 is 0 Å². The van der Waals surface area contributed by atoms with E-state index in [1.165, 1.54) is 22.9 Å². The van der Waals surface area contributed by atoms with Crippen molar-refractivity contribution in [1.29, 1.82) is 0 Å². The molecule has 182 valence electrons. The van der Waals surface area contributed by atoms with Crippen molar-refractivity contribution in [2.75, 3.05) is 6.54 Å². The lowest BCUT2D eigenvalue weighted by molar-refractivity contribution is 0.0968.